The molecule has 0 atom stereocenters. The number of pyridine rings is 1. The fraction of sp³-hybridized carbons (Fsp3) is 0.472. The van der Waals surface area contributed by atoms with Gasteiger partial charge in [0, 0.05) is 50.6 Å². The summed E-state index contributed by atoms with van der Waals surface area (Å²) in [5, 5.41) is 12.0. The van der Waals surface area contributed by atoms with Gasteiger partial charge < -0.3 is 9.64 Å². The van der Waals surface area contributed by atoms with Gasteiger partial charge in [0.15, 0.2) is 0 Å². The molecule has 0 spiro atoms. The van der Waals surface area contributed by atoms with Crippen molar-refractivity contribution in [2.24, 2.45) is 0 Å². The van der Waals surface area contributed by atoms with Crippen molar-refractivity contribution in [2.45, 2.75) is 76.9 Å². The molecule has 3 aromatic rings. The van der Waals surface area contributed by atoms with Crippen LogP contribution in [-0.2, 0) is 11.3 Å². The Morgan fingerprint density at radius 3 is 2.42 bits per heavy atom. The summed E-state index contributed by atoms with van der Waals surface area (Å²) >= 11 is 0. The standard InChI is InChI=1S/C36H47N5O2/c1-36(43-35(42)39-34-19-10-9-18-33(34)32-16-7-6-8-17-32)20-27-40(28-21-36)24-11-4-2-3-5-12-25-41(26-14-22-37)30-31-15-13-23-38-29-31/h6-10,13,15-19,23,29H,2-5,11-12,14,20-21,24-28,30H2,1H3,(H,39,42). The van der Waals surface area contributed by atoms with Crippen molar-refractivity contribution in [3.8, 4) is 17.2 Å². The van der Waals surface area contributed by atoms with Crippen molar-refractivity contribution in [3.05, 3.63) is 84.7 Å². The molecule has 1 aliphatic rings. The molecular formula is C36H47N5O2. The molecule has 0 saturated carbocycles. The van der Waals surface area contributed by atoms with Crippen molar-refractivity contribution in [3.63, 3.8) is 0 Å². The molecule has 1 fully saturated rings. The molecule has 2 aromatic carbocycles. The second kappa shape index (κ2) is 17.4. The summed E-state index contributed by atoms with van der Waals surface area (Å²) < 4.78 is 5.97. The van der Waals surface area contributed by atoms with Crippen LogP contribution in [0.4, 0.5) is 10.5 Å². The van der Waals surface area contributed by atoms with E-state index in [4.69, 9.17) is 10.00 Å². The molecule has 1 aliphatic heterocycles. The zero-order valence-corrected chi connectivity index (χ0v) is 25.7. The van der Waals surface area contributed by atoms with Crippen molar-refractivity contribution in [2.75, 3.05) is 38.0 Å². The molecule has 1 aromatic heterocycles. The van der Waals surface area contributed by atoms with Gasteiger partial charge in [-0.3, -0.25) is 15.2 Å². The van der Waals surface area contributed by atoms with Crippen LogP contribution in [0.1, 0.15) is 70.3 Å². The summed E-state index contributed by atoms with van der Waals surface area (Å²) in [5.74, 6) is 0. The molecular weight excluding hydrogens is 534 g/mol. The highest BCUT2D eigenvalue weighted by molar-refractivity contribution is 5.91. The molecule has 1 N–H and O–H groups in total. The number of nitrogens with zero attached hydrogens (tertiary/aromatic N) is 4. The molecule has 228 valence electrons. The molecule has 2 heterocycles. The lowest BCUT2D eigenvalue weighted by atomic mass is 9.93. The second-order valence-corrected chi connectivity index (χ2v) is 11.9. The van der Waals surface area contributed by atoms with Gasteiger partial charge >= 0.3 is 6.09 Å². The van der Waals surface area contributed by atoms with Crippen LogP contribution >= 0.6 is 0 Å². The Balaban J connectivity index is 1.08. The van der Waals surface area contributed by atoms with Gasteiger partial charge in [-0.1, -0.05) is 80.3 Å². The first-order valence-electron chi connectivity index (χ1n) is 15.9. The summed E-state index contributed by atoms with van der Waals surface area (Å²) in [6, 6.07) is 24.3. The highest BCUT2D eigenvalue weighted by Crippen LogP contribution is 2.30. The number of hydrogen-bond donors (Lipinski definition) is 1. The molecule has 7 nitrogen and oxygen atoms in total. The molecule has 0 unspecified atom stereocenters. The molecule has 7 heteroatoms. The predicted octanol–water partition coefficient (Wildman–Crippen LogP) is 7.91. The number of amides is 1. The monoisotopic (exact) mass is 581 g/mol. The first kappa shape index (κ1) is 32.2. The number of likely N-dealkylation sites (tertiary alicyclic amines) is 1. The number of carbonyl (C=O) groups excluding carboxylic acids is 1. The third-order valence-electron chi connectivity index (χ3n) is 8.37. The van der Waals surface area contributed by atoms with Crippen LogP contribution in [0, 0.1) is 11.3 Å². The van der Waals surface area contributed by atoms with Gasteiger partial charge in [-0.2, -0.15) is 5.26 Å². The number of nitrogens with one attached hydrogen (secondary N) is 1. The van der Waals surface area contributed by atoms with Crippen molar-refractivity contribution in [1.82, 2.24) is 14.8 Å². The number of ether oxygens (including phenoxy) is 1. The molecule has 1 amide bonds. The number of piperidine rings is 1. The Morgan fingerprint density at radius 2 is 1.67 bits per heavy atom. The summed E-state index contributed by atoms with van der Waals surface area (Å²) in [5.41, 5.74) is 3.57. The van der Waals surface area contributed by atoms with E-state index in [-0.39, 0.29) is 6.09 Å². The van der Waals surface area contributed by atoms with Crippen molar-refractivity contribution in [1.29, 1.82) is 5.26 Å². The predicted molar refractivity (Wildman–Crippen MR) is 174 cm³/mol. The maximum atomic E-state index is 12.9. The smallest absolute Gasteiger partial charge is 0.412 e. The van der Waals surface area contributed by atoms with Gasteiger partial charge in [-0.25, -0.2) is 4.79 Å². The van der Waals surface area contributed by atoms with Crippen LogP contribution in [0.3, 0.4) is 0 Å². The van der Waals surface area contributed by atoms with E-state index < -0.39 is 5.60 Å². The lowest BCUT2D eigenvalue weighted by Gasteiger charge is -2.38. The van der Waals surface area contributed by atoms with Crippen molar-refractivity contribution >= 4 is 11.8 Å². The maximum absolute atomic E-state index is 12.9. The number of para-hydroxylation sites is 1. The minimum Gasteiger partial charge on any atom is -0.443 e. The fourth-order valence-corrected chi connectivity index (χ4v) is 5.78. The van der Waals surface area contributed by atoms with E-state index in [2.05, 4.69) is 39.2 Å². The average Bonchev–Trinajstić information content (AvgIpc) is 3.03. The number of aromatic nitrogens is 1. The largest absolute Gasteiger partial charge is 0.443 e. The Hall–Kier alpha value is -3.73. The zero-order chi connectivity index (χ0) is 30.2. The topological polar surface area (TPSA) is 81.5 Å². The Labute approximate surface area is 257 Å². The normalized spacial score (nSPS) is 14.7. The second-order valence-electron chi connectivity index (χ2n) is 11.9. The first-order valence-corrected chi connectivity index (χ1v) is 15.9. The molecule has 0 radical (unpaired) electrons. The number of carbonyl (C=O) groups is 1. The molecule has 0 bridgehead atoms. The van der Waals surface area contributed by atoms with Crippen LogP contribution in [0.15, 0.2) is 79.1 Å². The third kappa shape index (κ3) is 11.1. The highest BCUT2D eigenvalue weighted by Gasteiger charge is 2.33. The van der Waals surface area contributed by atoms with E-state index in [9.17, 15) is 4.79 Å². The van der Waals surface area contributed by atoms with Crippen LogP contribution in [0.5, 0.6) is 0 Å². The van der Waals surface area contributed by atoms with Crippen LogP contribution < -0.4 is 5.32 Å². The Morgan fingerprint density at radius 1 is 0.953 bits per heavy atom. The molecule has 1 saturated heterocycles. The van der Waals surface area contributed by atoms with Crippen LogP contribution in [-0.4, -0.2) is 59.2 Å². The summed E-state index contributed by atoms with van der Waals surface area (Å²) in [4.78, 5) is 22.0. The van der Waals surface area contributed by atoms with E-state index in [0.29, 0.717) is 6.42 Å². The maximum Gasteiger partial charge on any atom is 0.412 e. The molecule has 43 heavy (non-hydrogen) atoms. The van der Waals surface area contributed by atoms with Gasteiger partial charge in [-0.05, 0) is 69.0 Å². The fourth-order valence-electron chi connectivity index (χ4n) is 5.78. The third-order valence-corrected chi connectivity index (χ3v) is 8.37. The highest BCUT2D eigenvalue weighted by atomic mass is 16.6. The van der Waals surface area contributed by atoms with Gasteiger partial charge in [0.25, 0.3) is 0 Å². The lowest BCUT2D eigenvalue weighted by molar-refractivity contribution is -0.0163. The summed E-state index contributed by atoms with van der Waals surface area (Å²) in [6.45, 7) is 7.80. The number of unbranched alkanes of at least 4 members (excludes halogenated alkanes) is 5. The van der Waals surface area contributed by atoms with Gasteiger partial charge in [0.05, 0.1) is 11.8 Å². The van der Waals surface area contributed by atoms with Gasteiger partial charge in [-0.15, -0.1) is 0 Å². The minimum absolute atomic E-state index is 0.385. The average molecular weight is 582 g/mol. The number of hydrogen-bond acceptors (Lipinski definition) is 6. The van der Waals surface area contributed by atoms with Gasteiger partial charge in [0.2, 0.25) is 0 Å². The number of benzene rings is 2. The minimum atomic E-state index is -0.444. The summed E-state index contributed by atoms with van der Waals surface area (Å²) in [6.07, 6.45) is 13.0. The van der Waals surface area contributed by atoms with E-state index >= 15 is 0 Å². The summed E-state index contributed by atoms with van der Waals surface area (Å²) in [7, 11) is 0. The van der Waals surface area contributed by atoms with E-state index in [1.807, 2.05) is 66.9 Å². The number of rotatable bonds is 16. The molecule has 0 aliphatic carbocycles. The lowest BCUT2D eigenvalue weighted by Crippen LogP contribution is -2.46. The zero-order valence-electron chi connectivity index (χ0n) is 25.7. The van der Waals surface area contributed by atoms with Crippen molar-refractivity contribution < 1.29 is 9.53 Å². The SMILES string of the molecule is CC1(OC(=O)Nc2ccccc2-c2ccccc2)CCN(CCCCCCCCN(CCC#N)Cc2cccnc2)CC1. The van der Waals surface area contributed by atoms with Crippen LogP contribution in [0.25, 0.3) is 11.1 Å². The van der Waals surface area contributed by atoms with E-state index in [1.165, 1.54) is 44.1 Å². The van der Waals surface area contributed by atoms with E-state index in [0.717, 1.165) is 68.9 Å². The quantitative estimate of drug-likeness (QED) is 0.173. The molecule has 4 rings (SSSR count). The van der Waals surface area contributed by atoms with Crippen LogP contribution in [0.2, 0.25) is 0 Å². The first-order chi connectivity index (χ1) is 21.0. The van der Waals surface area contributed by atoms with E-state index in [1.54, 1.807) is 6.20 Å². The Bertz CT molecular complexity index is 1270. The van der Waals surface area contributed by atoms with Gasteiger partial charge in [0.1, 0.15) is 5.60 Å². The number of nitriles is 1. The number of anilines is 1. The Kier molecular flexibility index (Phi) is 13.0.